The summed E-state index contributed by atoms with van der Waals surface area (Å²) in [4.78, 5) is 11.2. The molecule has 8 heteroatoms. The lowest BCUT2D eigenvalue weighted by atomic mass is 10.2. The van der Waals surface area contributed by atoms with E-state index in [1.807, 2.05) is 0 Å². The van der Waals surface area contributed by atoms with Crippen molar-refractivity contribution in [2.24, 2.45) is 0 Å². The summed E-state index contributed by atoms with van der Waals surface area (Å²) in [6, 6.07) is 3.72. The van der Waals surface area contributed by atoms with Crippen LogP contribution in [0.2, 0.25) is 0 Å². The summed E-state index contributed by atoms with van der Waals surface area (Å²) in [5.41, 5.74) is -0.617. The molecule has 0 amide bonds. The topological polar surface area (TPSA) is 77.9 Å². The summed E-state index contributed by atoms with van der Waals surface area (Å²) in [6.07, 6.45) is 0. The van der Waals surface area contributed by atoms with Crippen molar-refractivity contribution in [2.75, 3.05) is 12.4 Å². The van der Waals surface area contributed by atoms with Crippen LogP contribution in [-0.2, 0) is 0 Å². The largest absolute Gasteiger partial charge is 0.491 e. The molecule has 1 heterocycles. The van der Waals surface area contributed by atoms with Gasteiger partial charge in [-0.05, 0) is 11.5 Å². The average Bonchev–Trinajstić information content (AvgIpc) is 2.69. The van der Waals surface area contributed by atoms with E-state index in [4.69, 9.17) is 5.26 Å². The Morgan fingerprint density at radius 2 is 2.05 bits per heavy atom. The Morgan fingerprint density at radius 3 is 2.58 bits per heavy atom. The molecule has 0 spiro atoms. The van der Waals surface area contributed by atoms with Crippen LogP contribution in [0.1, 0.15) is 5.56 Å². The van der Waals surface area contributed by atoms with Crippen LogP contribution < -0.4 is 15.6 Å². The van der Waals surface area contributed by atoms with Crippen LogP contribution in [0, 0.1) is 23.0 Å². The lowest BCUT2D eigenvalue weighted by Crippen LogP contribution is -2.03. The third kappa shape index (κ3) is 2.41. The Labute approximate surface area is 110 Å². The Bertz CT molecular complexity index is 694. The van der Waals surface area contributed by atoms with Crippen molar-refractivity contribution < 1.29 is 13.5 Å². The molecule has 0 saturated heterocycles. The fraction of sp³-hybridized carbons (Fsp3) is 0.0909. The first-order valence-electron chi connectivity index (χ1n) is 4.98. The number of rotatable bonds is 3. The molecule has 1 aromatic heterocycles. The molecule has 0 aliphatic rings. The second kappa shape index (κ2) is 5.07. The maximum absolute atomic E-state index is 13.5. The number of ether oxygens (including phenoxy) is 1. The lowest BCUT2D eigenvalue weighted by molar-refractivity contribution is 0.360. The van der Waals surface area contributed by atoms with Gasteiger partial charge in [-0.1, -0.05) is 0 Å². The quantitative estimate of drug-likeness (QED) is 0.906. The minimum atomic E-state index is -0.883. The molecule has 1 aromatic carbocycles. The second-order valence-electron chi connectivity index (χ2n) is 3.45. The van der Waals surface area contributed by atoms with E-state index in [0.29, 0.717) is 0 Å². The van der Waals surface area contributed by atoms with E-state index < -0.39 is 22.9 Å². The van der Waals surface area contributed by atoms with Crippen molar-refractivity contribution in [3.05, 3.63) is 39.7 Å². The number of H-pyrrole nitrogens is 1. The fourth-order valence-electron chi connectivity index (χ4n) is 1.45. The van der Waals surface area contributed by atoms with Gasteiger partial charge in [0.05, 0.1) is 7.11 Å². The number of benzene rings is 1. The van der Waals surface area contributed by atoms with Crippen LogP contribution in [0.15, 0.2) is 16.9 Å². The molecule has 0 bridgehead atoms. The molecule has 0 unspecified atom stereocenters. The highest BCUT2D eigenvalue weighted by Gasteiger charge is 2.14. The van der Waals surface area contributed by atoms with Gasteiger partial charge < -0.3 is 10.1 Å². The minimum Gasteiger partial charge on any atom is -0.491 e. The predicted molar refractivity (Wildman–Crippen MR) is 65.8 cm³/mol. The molecule has 19 heavy (non-hydrogen) atoms. The summed E-state index contributed by atoms with van der Waals surface area (Å²) < 4.78 is 33.8. The Kier molecular flexibility index (Phi) is 3.48. The van der Waals surface area contributed by atoms with E-state index in [-0.39, 0.29) is 16.3 Å². The molecule has 98 valence electrons. The zero-order valence-corrected chi connectivity index (χ0v) is 10.4. The van der Waals surface area contributed by atoms with E-state index in [1.54, 1.807) is 6.07 Å². The highest BCUT2D eigenvalue weighted by atomic mass is 32.1. The number of methoxy groups -OCH3 is 1. The van der Waals surface area contributed by atoms with Gasteiger partial charge in [-0.25, -0.2) is 8.78 Å². The predicted octanol–water partition coefficient (Wildman–Crippen LogP) is 2.34. The summed E-state index contributed by atoms with van der Waals surface area (Å²) in [7, 11) is 1.15. The molecule has 2 aromatic rings. The van der Waals surface area contributed by atoms with Crippen LogP contribution in [0.25, 0.3) is 0 Å². The highest BCUT2D eigenvalue weighted by molar-refractivity contribution is 7.10. The molecule has 0 atom stereocenters. The van der Waals surface area contributed by atoms with Gasteiger partial charge in [-0.2, -0.15) is 5.26 Å². The van der Waals surface area contributed by atoms with E-state index >= 15 is 0 Å². The molecule has 0 aliphatic carbocycles. The van der Waals surface area contributed by atoms with Gasteiger partial charge >= 0.3 is 0 Å². The molecular formula is C11H7F2N3O2S. The number of anilines is 2. The second-order valence-corrected chi connectivity index (χ2v) is 4.26. The first-order chi connectivity index (χ1) is 9.06. The number of aromatic amines is 1. The molecule has 0 aliphatic heterocycles. The number of aromatic nitrogens is 1. The number of hydrogen-bond donors (Lipinski definition) is 2. The number of halogens is 2. The number of nitrogens with zero attached hydrogens (tertiary/aromatic N) is 1. The first-order valence-corrected chi connectivity index (χ1v) is 5.80. The smallest absolute Gasteiger partial charge is 0.278 e. The van der Waals surface area contributed by atoms with Crippen LogP contribution in [0.4, 0.5) is 19.5 Å². The van der Waals surface area contributed by atoms with Crippen molar-refractivity contribution in [1.29, 1.82) is 5.26 Å². The van der Waals surface area contributed by atoms with Crippen LogP contribution >= 0.6 is 11.5 Å². The first kappa shape index (κ1) is 13.0. The maximum Gasteiger partial charge on any atom is 0.278 e. The van der Waals surface area contributed by atoms with E-state index in [2.05, 4.69) is 14.4 Å². The monoisotopic (exact) mass is 283 g/mol. The number of hydrogen-bond acceptors (Lipinski definition) is 5. The fourth-order valence-corrected chi connectivity index (χ4v) is 2.16. The van der Waals surface area contributed by atoms with Crippen molar-refractivity contribution in [2.45, 2.75) is 0 Å². The Balaban J connectivity index is 2.40. The van der Waals surface area contributed by atoms with E-state index in [0.717, 1.165) is 30.8 Å². The van der Waals surface area contributed by atoms with E-state index in [9.17, 15) is 13.6 Å². The third-order valence-corrected chi connectivity index (χ3v) is 3.07. The summed E-state index contributed by atoms with van der Waals surface area (Å²) >= 11 is 0.870. The molecular weight excluding hydrogens is 276 g/mol. The van der Waals surface area contributed by atoms with Crippen molar-refractivity contribution in [1.82, 2.24) is 4.37 Å². The molecule has 5 nitrogen and oxygen atoms in total. The zero-order valence-electron chi connectivity index (χ0n) is 9.58. The van der Waals surface area contributed by atoms with Gasteiger partial charge in [-0.3, -0.25) is 9.17 Å². The maximum atomic E-state index is 13.5. The van der Waals surface area contributed by atoms with Gasteiger partial charge in [-0.15, -0.1) is 0 Å². The normalized spacial score (nSPS) is 10.0. The SMILES string of the molecule is COc1c(F)cc(Nc2s[nH]c(=O)c2C#N)cc1F. The van der Waals surface area contributed by atoms with Gasteiger partial charge in [0.25, 0.3) is 5.56 Å². The molecule has 0 saturated carbocycles. The molecule has 2 N–H and O–H groups in total. The Hall–Kier alpha value is -2.40. The number of nitriles is 1. The van der Waals surface area contributed by atoms with Crippen LogP contribution in [0.5, 0.6) is 5.75 Å². The zero-order chi connectivity index (χ0) is 14.0. The number of nitrogens with one attached hydrogen (secondary N) is 2. The molecule has 2 rings (SSSR count). The third-order valence-electron chi connectivity index (χ3n) is 2.27. The van der Waals surface area contributed by atoms with Gasteiger partial charge in [0, 0.05) is 17.8 Å². The lowest BCUT2D eigenvalue weighted by Gasteiger charge is -2.07. The Morgan fingerprint density at radius 1 is 1.42 bits per heavy atom. The van der Waals surface area contributed by atoms with Crippen molar-refractivity contribution in [3.63, 3.8) is 0 Å². The standard InChI is InChI=1S/C11H7F2N3O2S/c1-18-9-7(12)2-5(3-8(9)13)15-11-6(4-14)10(17)16-19-11/h2-3,15H,1H3,(H,16,17). The molecule has 0 radical (unpaired) electrons. The van der Waals surface area contributed by atoms with E-state index in [1.165, 1.54) is 0 Å². The molecule has 0 fully saturated rings. The van der Waals surface area contributed by atoms with Gasteiger partial charge in [0.1, 0.15) is 11.1 Å². The van der Waals surface area contributed by atoms with Gasteiger partial charge in [0.2, 0.25) is 0 Å². The summed E-state index contributed by atoms with van der Waals surface area (Å²) in [6.45, 7) is 0. The van der Waals surface area contributed by atoms with Crippen molar-refractivity contribution in [3.8, 4) is 11.8 Å². The summed E-state index contributed by atoms with van der Waals surface area (Å²) in [5, 5.41) is 11.6. The summed E-state index contributed by atoms with van der Waals surface area (Å²) in [5.74, 6) is -2.26. The van der Waals surface area contributed by atoms with Crippen LogP contribution in [-0.4, -0.2) is 11.5 Å². The van der Waals surface area contributed by atoms with Crippen molar-refractivity contribution >= 4 is 22.2 Å². The average molecular weight is 283 g/mol. The van der Waals surface area contributed by atoms with Crippen LogP contribution in [0.3, 0.4) is 0 Å². The highest BCUT2D eigenvalue weighted by Crippen LogP contribution is 2.28. The van der Waals surface area contributed by atoms with Gasteiger partial charge in [0.15, 0.2) is 22.9 Å². The minimum absolute atomic E-state index is 0.0718.